The number of hydrogen-bond donors (Lipinski definition) is 7. The molecule has 29 heteroatoms. The smallest absolute Gasteiger partial charge is 0.416 e. The van der Waals surface area contributed by atoms with Crippen LogP contribution in [-0.4, -0.2) is 104 Å². The summed E-state index contributed by atoms with van der Waals surface area (Å²) in [5.41, 5.74) is 1.30. The summed E-state index contributed by atoms with van der Waals surface area (Å²) in [6.07, 6.45) is -9.12. The van der Waals surface area contributed by atoms with Crippen molar-refractivity contribution in [2.45, 2.75) is 121 Å². The second-order valence-corrected chi connectivity index (χ2v) is 25.7. The molecule has 6 amide bonds. The van der Waals surface area contributed by atoms with Gasteiger partial charge in [0, 0.05) is 111 Å². The number of aliphatic hydroxyl groups is 1. The zero-order valence-electron chi connectivity index (χ0n) is 55.3. The van der Waals surface area contributed by atoms with Crippen molar-refractivity contribution >= 4 is 86.3 Å². The van der Waals surface area contributed by atoms with E-state index in [4.69, 9.17) is 38.3 Å². The SMILES string of the molecule is CC1(C)C/C(=C\C(=O)Nc2ccc3c(c2)NC(=O)C(CCO)O3)c2ccc(C(F)(F)F)cc2O1.CC1Oc2ccc(NC(=O)/C=C3\CC(C)(C)Oc4cc(C(F)(F)F)ccc43)cc2NC1=O.COCC1(COC)C/C(=C\C(=O)Nc2cccc3c2CCC(=O)N3)c2ccc(C(F)(F)F)cc2O1. The fraction of sp³-hybridized carbons (Fsp3) is 0.333. The molecule has 0 aliphatic carbocycles. The standard InChI is InChI=1S/C25H25F3N2O5.C24H23F3N2O5.C23H21F3N2O4/c1-33-13-24(14-34-2)12-15(17-7-6-16(25(26,27)28)11-21(17)35-24)10-23(32)30-20-5-3-4-19-18(20)8-9-22(31)29-19;1-23(2)12-13(16-5-3-14(24(25,26)27)10-20(16)34-23)9-21(31)28-15-4-6-18-17(11-15)29-22(32)19(33-18)7-8-30;1-12-21(30)28-17-10-15(5-7-18(17)31-12)27-20(29)8-13-11-22(2,3)32-19-9-14(23(24,25)26)4-6-16(13)19/h3-7,10-11H,8-9,12-14H2,1-2H3,(H,29,31)(H,30,32);3-6,9-11,19,30H,7-8,12H2,1-2H3,(H,28,31)(H,29,32);4-10,12H,11H2,1-3H3,(H,27,29)(H,28,30)/b15-10+;13-9+;13-8+. The Morgan fingerprint density at radius 1 is 0.535 bits per heavy atom. The predicted molar refractivity (Wildman–Crippen MR) is 354 cm³/mol. The lowest BCUT2D eigenvalue weighted by Crippen LogP contribution is -2.47. The third kappa shape index (κ3) is 17.8. The summed E-state index contributed by atoms with van der Waals surface area (Å²) in [6.45, 7) is 8.48. The lowest BCUT2D eigenvalue weighted by Gasteiger charge is -2.39. The number of fused-ring (bicyclic) bond motifs is 6. The second-order valence-electron chi connectivity index (χ2n) is 25.7. The van der Waals surface area contributed by atoms with Crippen LogP contribution in [0.3, 0.4) is 0 Å². The van der Waals surface area contributed by atoms with Gasteiger partial charge in [-0.25, -0.2) is 0 Å². The van der Waals surface area contributed by atoms with Gasteiger partial charge in [0.05, 0.1) is 41.3 Å². The van der Waals surface area contributed by atoms with Gasteiger partial charge in [0.25, 0.3) is 11.8 Å². The van der Waals surface area contributed by atoms with Crippen molar-refractivity contribution in [1.82, 2.24) is 0 Å². The molecule has 6 aromatic rings. The van der Waals surface area contributed by atoms with Crippen molar-refractivity contribution in [1.29, 1.82) is 0 Å². The van der Waals surface area contributed by atoms with Crippen molar-refractivity contribution in [3.63, 3.8) is 0 Å². The zero-order valence-corrected chi connectivity index (χ0v) is 55.3. The van der Waals surface area contributed by atoms with Crippen LogP contribution in [0.15, 0.2) is 127 Å². The zero-order chi connectivity index (χ0) is 73.1. The number of anilines is 6. The lowest BCUT2D eigenvalue weighted by atomic mass is 9.86. The molecule has 0 saturated heterocycles. The summed E-state index contributed by atoms with van der Waals surface area (Å²) in [7, 11) is 2.91. The molecular formula is C72H69F9N6O14. The van der Waals surface area contributed by atoms with Crippen LogP contribution in [0.1, 0.15) is 106 Å². The highest BCUT2D eigenvalue weighted by Crippen LogP contribution is 2.48. The first-order chi connectivity index (χ1) is 47.5. The van der Waals surface area contributed by atoms with E-state index in [-0.39, 0.29) is 61.7 Å². The van der Waals surface area contributed by atoms with Gasteiger partial charge in [-0.05, 0) is 148 Å². The molecule has 6 heterocycles. The Balaban J connectivity index is 0.000000164. The normalized spacial score (nSPS) is 19.3. The molecule has 0 spiro atoms. The third-order valence-corrected chi connectivity index (χ3v) is 16.5. The van der Waals surface area contributed by atoms with E-state index < -0.39 is 87.9 Å². The molecule has 0 radical (unpaired) electrons. The number of hydrogen-bond acceptors (Lipinski definition) is 14. The summed E-state index contributed by atoms with van der Waals surface area (Å²) in [5.74, 6) is -1.12. The van der Waals surface area contributed by atoms with E-state index in [0.717, 1.165) is 42.0 Å². The molecule has 6 aliphatic heterocycles. The van der Waals surface area contributed by atoms with Crippen LogP contribution in [0.2, 0.25) is 0 Å². The number of amides is 6. The van der Waals surface area contributed by atoms with Crippen molar-refractivity contribution in [2.75, 3.05) is 65.9 Å². The molecular weight excluding hydrogens is 1340 g/mol. The average molecular weight is 1410 g/mol. The molecule has 0 aromatic heterocycles. The van der Waals surface area contributed by atoms with Crippen molar-refractivity contribution in [3.8, 4) is 28.7 Å². The van der Waals surface area contributed by atoms with Crippen LogP contribution in [0, 0.1) is 0 Å². The molecule has 6 aliphatic rings. The Bertz CT molecular complexity index is 4350. The molecule has 7 N–H and O–H groups in total. The number of benzene rings is 6. The van der Waals surface area contributed by atoms with Gasteiger partial charge >= 0.3 is 18.5 Å². The molecule has 12 rings (SSSR count). The van der Waals surface area contributed by atoms with Crippen LogP contribution in [0.5, 0.6) is 28.7 Å². The van der Waals surface area contributed by atoms with Gasteiger partial charge in [0.2, 0.25) is 23.6 Å². The first kappa shape index (κ1) is 73.3. The van der Waals surface area contributed by atoms with Gasteiger partial charge < -0.3 is 70.2 Å². The molecule has 101 heavy (non-hydrogen) atoms. The van der Waals surface area contributed by atoms with Gasteiger partial charge in [-0.2, -0.15) is 39.5 Å². The molecule has 20 nitrogen and oxygen atoms in total. The van der Waals surface area contributed by atoms with Crippen molar-refractivity contribution in [2.24, 2.45) is 0 Å². The highest BCUT2D eigenvalue weighted by atomic mass is 19.4. The Morgan fingerprint density at radius 3 is 1.45 bits per heavy atom. The largest absolute Gasteiger partial charge is 0.487 e. The summed E-state index contributed by atoms with van der Waals surface area (Å²) in [5, 5.41) is 25.5. The monoisotopic (exact) mass is 1410 g/mol. The lowest BCUT2D eigenvalue weighted by molar-refractivity contribution is -0.138. The van der Waals surface area contributed by atoms with E-state index in [9.17, 15) is 68.3 Å². The fourth-order valence-electron chi connectivity index (χ4n) is 12.1. The number of methoxy groups -OCH3 is 2. The minimum absolute atomic E-state index is 0.000900. The maximum absolute atomic E-state index is 13.3. The minimum Gasteiger partial charge on any atom is -0.487 e. The fourth-order valence-corrected chi connectivity index (χ4v) is 12.1. The maximum Gasteiger partial charge on any atom is 0.416 e. The molecule has 534 valence electrons. The number of rotatable bonds is 12. The third-order valence-electron chi connectivity index (χ3n) is 16.5. The van der Waals surface area contributed by atoms with Crippen LogP contribution < -0.4 is 55.6 Å². The number of carbonyl (C=O) groups is 6. The first-order valence-electron chi connectivity index (χ1n) is 31.5. The average Bonchev–Trinajstić information content (AvgIpc) is 0.779. The van der Waals surface area contributed by atoms with Crippen LogP contribution >= 0.6 is 0 Å². The molecule has 6 aromatic carbocycles. The Morgan fingerprint density at radius 2 is 0.980 bits per heavy atom. The van der Waals surface area contributed by atoms with E-state index >= 15 is 0 Å². The van der Waals surface area contributed by atoms with E-state index in [2.05, 4.69) is 31.9 Å². The van der Waals surface area contributed by atoms with Crippen molar-refractivity contribution < 1.29 is 107 Å². The number of halogens is 9. The van der Waals surface area contributed by atoms with Crippen LogP contribution in [0.4, 0.5) is 73.6 Å². The van der Waals surface area contributed by atoms with Gasteiger partial charge in [-0.3, -0.25) is 28.8 Å². The summed E-state index contributed by atoms with van der Waals surface area (Å²) < 4.78 is 158. The predicted octanol–water partition coefficient (Wildman–Crippen LogP) is 13.8. The topological polar surface area (TPSA) is 259 Å². The number of nitrogens with one attached hydrogen (secondary N) is 6. The summed E-state index contributed by atoms with van der Waals surface area (Å²) >= 11 is 0. The second kappa shape index (κ2) is 29.1. The molecule has 0 saturated carbocycles. The highest BCUT2D eigenvalue weighted by molar-refractivity contribution is 6.08. The molecule has 2 unspecified atom stereocenters. The van der Waals surface area contributed by atoms with Gasteiger partial charge in [-0.1, -0.05) is 24.3 Å². The minimum atomic E-state index is -4.55. The molecule has 2 atom stereocenters. The summed E-state index contributed by atoms with van der Waals surface area (Å²) in [4.78, 5) is 74.0. The highest BCUT2D eigenvalue weighted by Gasteiger charge is 2.43. The number of carbonyl (C=O) groups excluding carboxylic acids is 6. The maximum atomic E-state index is 13.3. The van der Waals surface area contributed by atoms with E-state index in [1.54, 1.807) is 83.1 Å². The first-order valence-corrected chi connectivity index (χ1v) is 31.5. The molecule has 0 fully saturated rings. The number of ether oxygens (including phenoxy) is 7. The van der Waals surface area contributed by atoms with Gasteiger partial charge in [0.15, 0.2) is 17.8 Å². The number of aliphatic hydroxyl groups excluding tert-OH is 1. The van der Waals surface area contributed by atoms with E-state index in [0.29, 0.717) is 105 Å². The van der Waals surface area contributed by atoms with Gasteiger partial charge in [-0.15, -0.1) is 0 Å². The van der Waals surface area contributed by atoms with E-state index in [1.807, 2.05) is 0 Å². The van der Waals surface area contributed by atoms with Crippen LogP contribution in [0.25, 0.3) is 16.7 Å². The van der Waals surface area contributed by atoms with E-state index in [1.165, 1.54) is 56.7 Å². The molecule has 0 bridgehead atoms. The Labute approximate surface area is 572 Å². The van der Waals surface area contributed by atoms with Gasteiger partial charge in [0.1, 0.15) is 39.9 Å². The van der Waals surface area contributed by atoms with Crippen LogP contribution in [-0.2, 0) is 63.2 Å². The Kier molecular flexibility index (Phi) is 21.1. The number of alkyl halides is 9. The Hall–Kier alpha value is -10.4. The quantitative estimate of drug-likeness (QED) is 0.0444. The van der Waals surface area contributed by atoms with Crippen molar-refractivity contribution in [3.05, 3.63) is 166 Å². The summed E-state index contributed by atoms with van der Waals surface area (Å²) in [6, 6.07) is 24.4.